The number of pyridine rings is 1. The number of hydrogen-bond donors (Lipinski definition) is 2. The van der Waals surface area contributed by atoms with E-state index < -0.39 is 0 Å². The Hall–Kier alpha value is -2.07. The molecule has 1 atom stereocenters. The van der Waals surface area contributed by atoms with Gasteiger partial charge in [-0.05, 0) is 42.3 Å². The molecule has 2 aromatic rings. The highest BCUT2D eigenvalue weighted by Gasteiger charge is 2.13. The summed E-state index contributed by atoms with van der Waals surface area (Å²) in [6, 6.07) is 12.3. The van der Waals surface area contributed by atoms with Crippen molar-refractivity contribution in [3.8, 4) is 5.75 Å². The van der Waals surface area contributed by atoms with Gasteiger partial charge in [0.05, 0.1) is 7.11 Å². The monoisotopic (exact) mass is 271 g/mol. The first-order chi connectivity index (χ1) is 9.74. The lowest BCUT2D eigenvalue weighted by atomic mass is 9.99. The number of rotatable bonds is 6. The molecule has 1 unspecified atom stereocenters. The SMILES string of the molecule is CCNC(Cc1cccnc1N)c1ccc(OC)cc1. The van der Waals surface area contributed by atoms with E-state index in [1.165, 1.54) is 5.56 Å². The van der Waals surface area contributed by atoms with Crippen molar-refractivity contribution in [3.05, 3.63) is 53.7 Å². The molecule has 0 bridgehead atoms. The Balaban J connectivity index is 2.19. The summed E-state index contributed by atoms with van der Waals surface area (Å²) in [6.45, 7) is 3.00. The Labute approximate surface area is 120 Å². The van der Waals surface area contributed by atoms with Gasteiger partial charge in [-0.25, -0.2) is 4.98 Å². The van der Waals surface area contributed by atoms with Crippen LogP contribution in [0.5, 0.6) is 5.75 Å². The molecule has 20 heavy (non-hydrogen) atoms. The lowest BCUT2D eigenvalue weighted by Crippen LogP contribution is -2.23. The maximum atomic E-state index is 5.93. The lowest BCUT2D eigenvalue weighted by molar-refractivity contribution is 0.414. The number of nitrogens with one attached hydrogen (secondary N) is 1. The van der Waals surface area contributed by atoms with Gasteiger partial charge in [-0.1, -0.05) is 25.1 Å². The Bertz CT molecular complexity index is 540. The van der Waals surface area contributed by atoms with Crippen LogP contribution in [-0.4, -0.2) is 18.6 Å². The maximum absolute atomic E-state index is 5.93. The standard InChI is InChI=1S/C16H21N3O/c1-3-18-15(11-13-5-4-10-19-16(13)17)12-6-8-14(20-2)9-7-12/h4-10,15,18H,3,11H2,1-2H3,(H2,17,19). The fraction of sp³-hybridized carbons (Fsp3) is 0.312. The highest BCUT2D eigenvalue weighted by molar-refractivity contribution is 5.40. The minimum absolute atomic E-state index is 0.220. The van der Waals surface area contributed by atoms with E-state index in [9.17, 15) is 0 Å². The van der Waals surface area contributed by atoms with E-state index in [1.54, 1.807) is 13.3 Å². The third-order valence-corrected chi connectivity index (χ3v) is 3.32. The molecule has 106 valence electrons. The summed E-state index contributed by atoms with van der Waals surface area (Å²) in [5, 5.41) is 3.49. The van der Waals surface area contributed by atoms with Crippen molar-refractivity contribution < 1.29 is 4.74 Å². The van der Waals surface area contributed by atoms with Gasteiger partial charge in [0.1, 0.15) is 11.6 Å². The number of nitrogens with two attached hydrogens (primary N) is 1. The number of methoxy groups -OCH3 is 1. The van der Waals surface area contributed by atoms with E-state index in [-0.39, 0.29) is 6.04 Å². The van der Waals surface area contributed by atoms with E-state index in [2.05, 4.69) is 29.4 Å². The topological polar surface area (TPSA) is 60.2 Å². The molecule has 0 radical (unpaired) electrons. The predicted octanol–water partition coefficient (Wildman–Crippen LogP) is 2.57. The molecule has 1 aromatic heterocycles. The Morgan fingerprint density at radius 1 is 1.25 bits per heavy atom. The van der Waals surface area contributed by atoms with Crippen molar-refractivity contribution in [2.24, 2.45) is 0 Å². The van der Waals surface area contributed by atoms with E-state index in [1.807, 2.05) is 24.3 Å². The molecule has 0 spiro atoms. The van der Waals surface area contributed by atoms with Crippen molar-refractivity contribution in [1.82, 2.24) is 10.3 Å². The Kier molecular flexibility index (Phi) is 4.96. The number of benzene rings is 1. The van der Waals surface area contributed by atoms with Crippen LogP contribution in [-0.2, 0) is 6.42 Å². The third kappa shape index (κ3) is 3.48. The number of anilines is 1. The molecule has 1 heterocycles. The highest BCUT2D eigenvalue weighted by atomic mass is 16.5. The molecular weight excluding hydrogens is 250 g/mol. The zero-order valence-corrected chi connectivity index (χ0v) is 12.0. The molecule has 4 nitrogen and oxygen atoms in total. The highest BCUT2D eigenvalue weighted by Crippen LogP contribution is 2.22. The number of aromatic nitrogens is 1. The second kappa shape index (κ2) is 6.91. The van der Waals surface area contributed by atoms with Crippen LogP contribution in [0.2, 0.25) is 0 Å². The van der Waals surface area contributed by atoms with Gasteiger partial charge in [-0.2, -0.15) is 0 Å². The average Bonchev–Trinajstić information content (AvgIpc) is 2.49. The Morgan fingerprint density at radius 3 is 2.60 bits per heavy atom. The molecule has 0 saturated carbocycles. The van der Waals surface area contributed by atoms with Crippen molar-refractivity contribution in [2.75, 3.05) is 19.4 Å². The summed E-state index contributed by atoms with van der Waals surface area (Å²) in [5.41, 5.74) is 8.21. The number of likely N-dealkylation sites (N-methyl/N-ethyl adjacent to an activating group) is 1. The molecule has 0 amide bonds. The molecule has 0 aliphatic rings. The molecule has 3 N–H and O–H groups in total. The fourth-order valence-corrected chi connectivity index (χ4v) is 2.23. The Morgan fingerprint density at radius 2 is 2.00 bits per heavy atom. The van der Waals surface area contributed by atoms with Gasteiger partial charge in [0, 0.05) is 12.2 Å². The minimum atomic E-state index is 0.220. The van der Waals surface area contributed by atoms with Crippen LogP contribution in [0.3, 0.4) is 0 Å². The number of hydrogen-bond acceptors (Lipinski definition) is 4. The largest absolute Gasteiger partial charge is 0.497 e. The normalized spacial score (nSPS) is 12.1. The van der Waals surface area contributed by atoms with Crippen LogP contribution in [0, 0.1) is 0 Å². The molecule has 0 fully saturated rings. The zero-order chi connectivity index (χ0) is 14.4. The van der Waals surface area contributed by atoms with E-state index in [4.69, 9.17) is 10.5 Å². The summed E-state index contributed by atoms with van der Waals surface area (Å²) in [7, 11) is 1.67. The predicted molar refractivity (Wildman–Crippen MR) is 81.8 cm³/mol. The average molecular weight is 271 g/mol. The van der Waals surface area contributed by atoms with E-state index in [0.29, 0.717) is 5.82 Å². The fourth-order valence-electron chi connectivity index (χ4n) is 2.23. The van der Waals surface area contributed by atoms with E-state index >= 15 is 0 Å². The number of ether oxygens (including phenoxy) is 1. The molecule has 1 aromatic carbocycles. The van der Waals surface area contributed by atoms with Gasteiger partial charge in [0.2, 0.25) is 0 Å². The molecule has 2 rings (SSSR count). The lowest BCUT2D eigenvalue weighted by Gasteiger charge is -2.19. The summed E-state index contributed by atoms with van der Waals surface area (Å²) >= 11 is 0. The third-order valence-electron chi connectivity index (χ3n) is 3.32. The number of nitrogens with zero attached hydrogens (tertiary/aromatic N) is 1. The second-order valence-electron chi connectivity index (χ2n) is 4.64. The van der Waals surface area contributed by atoms with Crippen LogP contribution in [0.15, 0.2) is 42.6 Å². The van der Waals surface area contributed by atoms with Crippen LogP contribution >= 0.6 is 0 Å². The van der Waals surface area contributed by atoms with Crippen LogP contribution in [0.25, 0.3) is 0 Å². The van der Waals surface area contributed by atoms with Crippen molar-refractivity contribution in [2.45, 2.75) is 19.4 Å². The van der Waals surface area contributed by atoms with Crippen molar-refractivity contribution in [3.63, 3.8) is 0 Å². The van der Waals surface area contributed by atoms with Gasteiger partial charge in [-0.15, -0.1) is 0 Å². The summed E-state index contributed by atoms with van der Waals surface area (Å²) in [5.74, 6) is 1.47. The van der Waals surface area contributed by atoms with Crippen LogP contribution in [0.1, 0.15) is 24.1 Å². The first-order valence-electron chi connectivity index (χ1n) is 6.81. The minimum Gasteiger partial charge on any atom is -0.497 e. The van der Waals surface area contributed by atoms with E-state index in [0.717, 1.165) is 24.3 Å². The quantitative estimate of drug-likeness (QED) is 0.847. The van der Waals surface area contributed by atoms with Gasteiger partial charge >= 0.3 is 0 Å². The summed E-state index contributed by atoms with van der Waals surface area (Å²) < 4.78 is 5.20. The molecule has 4 heteroatoms. The zero-order valence-electron chi connectivity index (χ0n) is 12.0. The van der Waals surface area contributed by atoms with Gasteiger partial charge in [0.15, 0.2) is 0 Å². The first kappa shape index (κ1) is 14.3. The second-order valence-corrected chi connectivity index (χ2v) is 4.64. The van der Waals surface area contributed by atoms with Crippen LogP contribution in [0.4, 0.5) is 5.82 Å². The smallest absolute Gasteiger partial charge is 0.126 e. The van der Waals surface area contributed by atoms with Gasteiger partial charge < -0.3 is 15.8 Å². The molecule has 0 aliphatic carbocycles. The molecular formula is C16H21N3O. The maximum Gasteiger partial charge on any atom is 0.126 e. The number of nitrogen functional groups attached to an aromatic ring is 1. The van der Waals surface area contributed by atoms with Crippen molar-refractivity contribution in [1.29, 1.82) is 0 Å². The van der Waals surface area contributed by atoms with Crippen molar-refractivity contribution >= 4 is 5.82 Å². The first-order valence-corrected chi connectivity index (χ1v) is 6.81. The van der Waals surface area contributed by atoms with Gasteiger partial charge in [0.25, 0.3) is 0 Å². The molecule has 0 saturated heterocycles. The van der Waals surface area contributed by atoms with Gasteiger partial charge in [-0.3, -0.25) is 0 Å². The summed E-state index contributed by atoms with van der Waals surface area (Å²) in [6.07, 6.45) is 2.54. The van der Waals surface area contributed by atoms with Crippen LogP contribution < -0.4 is 15.8 Å². The molecule has 0 aliphatic heterocycles. The summed E-state index contributed by atoms with van der Waals surface area (Å²) in [4.78, 5) is 4.14.